The number of hydrogen-bond donors (Lipinski definition) is 0. The zero-order valence-corrected chi connectivity index (χ0v) is 13.4. The van der Waals surface area contributed by atoms with E-state index in [9.17, 15) is 9.59 Å². The van der Waals surface area contributed by atoms with Crippen molar-refractivity contribution in [1.82, 2.24) is 4.90 Å². The van der Waals surface area contributed by atoms with Gasteiger partial charge in [-0.2, -0.15) is 0 Å². The number of thioether (sulfide) groups is 1. The molecule has 0 spiro atoms. The van der Waals surface area contributed by atoms with Crippen molar-refractivity contribution in [3.05, 3.63) is 0 Å². The van der Waals surface area contributed by atoms with E-state index in [1.165, 1.54) is 0 Å². The van der Waals surface area contributed by atoms with Gasteiger partial charge in [0.15, 0.2) is 0 Å². The summed E-state index contributed by atoms with van der Waals surface area (Å²) < 4.78 is 5.39. The average Bonchev–Trinajstić information content (AvgIpc) is 2.72. The molecule has 1 rings (SSSR count). The number of carbonyl (C=O) groups excluding carboxylic acids is 2. The summed E-state index contributed by atoms with van der Waals surface area (Å²) in [6.45, 7) is 10.3. The Kier molecular flexibility index (Phi) is 5.71. The number of esters is 1. The monoisotopic (exact) mass is 287 g/mol. The van der Waals surface area contributed by atoms with E-state index in [1.54, 1.807) is 16.7 Å². The molecule has 0 saturated carbocycles. The van der Waals surface area contributed by atoms with Gasteiger partial charge < -0.3 is 9.64 Å². The van der Waals surface area contributed by atoms with Crippen molar-refractivity contribution in [2.24, 2.45) is 0 Å². The van der Waals surface area contributed by atoms with Crippen molar-refractivity contribution in [1.29, 1.82) is 0 Å². The molecular formula is C14H25NO3S. The normalized spacial score (nSPS) is 19.9. The van der Waals surface area contributed by atoms with Crippen molar-refractivity contribution in [3.8, 4) is 0 Å². The number of amides is 1. The second-order valence-corrected chi connectivity index (χ2v) is 7.70. The minimum absolute atomic E-state index is 0.0482. The number of nitrogens with zero attached hydrogens (tertiary/aromatic N) is 1. The van der Waals surface area contributed by atoms with E-state index in [2.05, 4.69) is 13.8 Å². The molecule has 1 fully saturated rings. The zero-order valence-electron chi connectivity index (χ0n) is 12.6. The predicted octanol–water partition coefficient (Wildman–Crippen LogP) is 2.46. The van der Waals surface area contributed by atoms with Crippen LogP contribution in [0.5, 0.6) is 0 Å². The predicted molar refractivity (Wildman–Crippen MR) is 78.2 cm³/mol. The van der Waals surface area contributed by atoms with E-state index in [-0.39, 0.29) is 17.9 Å². The molecule has 1 atom stereocenters. The van der Waals surface area contributed by atoms with Crippen LogP contribution in [0.4, 0.5) is 0 Å². The molecule has 0 aromatic heterocycles. The summed E-state index contributed by atoms with van der Waals surface area (Å²) in [6.07, 6.45) is 1.59. The highest BCUT2D eigenvalue weighted by Gasteiger charge is 2.36. The Bertz CT molecular complexity index is 336. The lowest BCUT2D eigenvalue weighted by atomic mass is 10.1. The summed E-state index contributed by atoms with van der Waals surface area (Å²) in [4.78, 5) is 25.9. The van der Waals surface area contributed by atoms with E-state index in [0.717, 1.165) is 6.42 Å². The fourth-order valence-corrected chi connectivity index (χ4v) is 2.64. The highest BCUT2D eigenvalue weighted by atomic mass is 32.2. The average molecular weight is 287 g/mol. The lowest BCUT2D eigenvalue weighted by molar-refractivity contribution is -0.162. The van der Waals surface area contributed by atoms with Crippen LogP contribution < -0.4 is 0 Å². The maximum Gasteiger partial charge on any atom is 0.329 e. The molecule has 0 unspecified atom stereocenters. The van der Waals surface area contributed by atoms with Crippen LogP contribution in [0.1, 0.15) is 47.5 Å². The molecular weight excluding hydrogens is 262 g/mol. The maximum absolute atomic E-state index is 12.1. The third-order valence-corrected chi connectivity index (χ3v) is 3.87. The van der Waals surface area contributed by atoms with Crippen LogP contribution in [0.2, 0.25) is 0 Å². The first kappa shape index (κ1) is 16.3. The number of rotatable bonds is 4. The highest BCUT2D eigenvalue weighted by molar-refractivity contribution is 8.00. The molecule has 1 heterocycles. The molecule has 110 valence electrons. The van der Waals surface area contributed by atoms with Crippen LogP contribution in [-0.4, -0.2) is 46.0 Å². The van der Waals surface area contributed by atoms with Crippen molar-refractivity contribution in [2.45, 2.75) is 64.4 Å². The van der Waals surface area contributed by atoms with Gasteiger partial charge in [0.05, 0.1) is 5.75 Å². The third-order valence-electron chi connectivity index (χ3n) is 2.79. The highest BCUT2D eigenvalue weighted by Crippen LogP contribution is 2.22. The Hall–Kier alpha value is -0.710. The molecule has 0 aromatic carbocycles. The Morgan fingerprint density at radius 1 is 1.37 bits per heavy atom. The molecule has 1 saturated heterocycles. The summed E-state index contributed by atoms with van der Waals surface area (Å²) >= 11 is 1.61. The Morgan fingerprint density at radius 3 is 2.53 bits per heavy atom. The minimum atomic E-state index is -0.499. The van der Waals surface area contributed by atoms with Gasteiger partial charge in [-0.15, -0.1) is 11.8 Å². The van der Waals surface area contributed by atoms with Crippen LogP contribution in [0.3, 0.4) is 0 Å². The lowest BCUT2D eigenvalue weighted by Gasteiger charge is -2.27. The van der Waals surface area contributed by atoms with Gasteiger partial charge in [-0.1, -0.05) is 13.8 Å². The van der Waals surface area contributed by atoms with Gasteiger partial charge in [-0.25, -0.2) is 4.79 Å². The quantitative estimate of drug-likeness (QED) is 0.745. The second-order valence-electron chi connectivity index (χ2n) is 6.14. The summed E-state index contributed by atoms with van der Waals surface area (Å²) in [5, 5.41) is 0.423. The van der Waals surface area contributed by atoms with Crippen molar-refractivity contribution in [2.75, 3.05) is 12.3 Å². The maximum atomic E-state index is 12.1. The minimum Gasteiger partial charge on any atom is -0.458 e. The molecule has 1 aliphatic heterocycles. The van der Waals surface area contributed by atoms with E-state index < -0.39 is 5.60 Å². The smallest absolute Gasteiger partial charge is 0.329 e. The van der Waals surface area contributed by atoms with Crippen molar-refractivity contribution in [3.63, 3.8) is 0 Å². The van der Waals surface area contributed by atoms with Crippen molar-refractivity contribution >= 4 is 23.6 Å². The van der Waals surface area contributed by atoms with E-state index in [1.807, 2.05) is 20.8 Å². The van der Waals surface area contributed by atoms with E-state index >= 15 is 0 Å². The fourth-order valence-electron chi connectivity index (χ4n) is 2.00. The number of carbonyl (C=O) groups is 2. The second kappa shape index (κ2) is 6.64. The van der Waals surface area contributed by atoms with Gasteiger partial charge in [0.2, 0.25) is 5.91 Å². The largest absolute Gasteiger partial charge is 0.458 e. The molecule has 0 aromatic rings. The van der Waals surface area contributed by atoms with E-state index in [0.29, 0.717) is 24.0 Å². The summed E-state index contributed by atoms with van der Waals surface area (Å²) in [6, 6.07) is -0.389. The molecule has 4 nitrogen and oxygen atoms in total. The summed E-state index contributed by atoms with van der Waals surface area (Å²) in [7, 11) is 0. The topological polar surface area (TPSA) is 46.6 Å². The van der Waals surface area contributed by atoms with Gasteiger partial charge in [-0.05, 0) is 38.9 Å². The zero-order chi connectivity index (χ0) is 14.6. The van der Waals surface area contributed by atoms with E-state index in [4.69, 9.17) is 4.74 Å². The Labute approximate surface area is 120 Å². The molecule has 0 bridgehead atoms. The molecule has 0 N–H and O–H groups in total. The first-order valence-electron chi connectivity index (χ1n) is 6.84. The first-order chi connectivity index (χ1) is 8.70. The van der Waals surface area contributed by atoms with Gasteiger partial charge >= 0.3 is 5.97 Å². The molecule has 0 aliphatic carbocycles. The van der Waals surface area contributed by atoms with Gasteiger partial charge in [0.1, 0.15) is 11.6 Å². The number of hydrogen-bond acceptors (Lipinski definition) is 4. The van der Waals surface area contributed by atoms with Gasteiger partial charge in [0, 0.05) is 6.54 Å². The first-order valence-corrected chi connectivity index (χ1v) is 7.89. The molecule has 19 heavy (non-hydrogen) atoms. The number of likely N-dealkylation sites (tertiary alicyclic amines) is 1. The van der Waals surface area contributed by atoms with Crippen LogP contribution >= 0.6 is 11.8 Å². The standard InChI is InChI=1S/C14H25NO3S/c1-10(2)19-9-12(16)15-8-6-7-11(15)13(17)18-14(3,4)5/h10-11H,6-9H2,1-5H3/t11-/m0/s1. The Morgan fingerprint density at radius 2 is 2.00 bits per heavy atom. The number of ether oxygens (including phenoxy) is 1. The van der Waals surface area contributed by atoms with Crippen molar-refractivity contribution < 1.29 is 14.3 Å². The Balaban J connectivity index is 2.58. The molecule has 0 radical (unpaired) electrons. The van der Waals surface area contributed by atoms with Crippen LogP contribution in [-0.2, 0) is 14.3 Å². The molecule has 1 aliphatic rings. The molecule has 5 heteroatoms. The fraction of sp³-hybridized carbons (Fsp3) is 0.857. The SMILES string of the molecule is CC(C)SCC(=O)N1CCC[C@H]1C(=O)OC(C)(C)C. The summed E-state index contributed by atoms with van der Waals surface area (Å²) in [5.41, 5.74) is -0.499. The van der Waals surface area contributed by atoms with Gasteiger partial charge in [-0.3, -0.25) is 4.79 Å². The summed E-state index contributed by atoms with van der Waals surface area (Å²) in [5.74, 6) is 0.219. The van der Waals surface area contributed by atoms with Crippen LogP contribution in [0.25, 0.3) is 0 Å². The van der Waals surface area contributed by atoms with Crippen LogP contribution in [0, 0.1) is 0 Å². The molecule has 1 amide bonds. The lowest BCUT2D eigenvalue weighted by Crippen LogP contribution is -2.44. The third kappa shape index (κ3) is 5.43. The van der Waals surface area contributed by atoms with Gasteiger partial charge in [0.25, 0.3) is 0 Å². The van der Waals surface area contributed by atoms with Crippen LogP contribution in [0.15, 0.2) is 0 Å².